The quantitative estimate of drug-likeness (QED) is 0.626. The molecule has 4 heteroatoms. The van der Waals surface area contributed by atoms with Gasteiger partial charge in [-0.2, -0.15) is 0 Å². The van der Waals surface area contributed by atoms with Crippen LogP contribution in [0.4, 0.5) is 0 Å². The van der Waals surface area contributed by atoms with Crippen molar-refractivity contribution < 1.29 is 20.4 Å². The minimum absolute atomic E-state index is 0.155. The number of rotatable bonds is 7. The Labute approximate surface area is 130 Å². The van der Waals surface area contributed by atoms with E-state index in [0.29, 0.717) is 5.56 Å². The molecular formula is C18H22O4. The maximum atomic E-state index is 10.3. The fourth-order valence-corrected chi connectivity index (χ4v) is 2.60. The zero-order valence-corrected chi connectivity index (χ0v) is 12.3. The first-order chi connectivity index (χ1) is 10.6. The molecule has 0 aliphatic heterocycles. The van der Waals surface area contributed by atoms with Crippen LogP contribution in [-0.2, 0) is 0 Å². The number of aliphatic hydroxyl groups is 4. The van der Waals surface area contributed by atoms with Gasteiger partial charge < -0.3 is 20.4 Å². The monoisotopic (exact) mass is 302 g/mol. The van der Waals surface area contributed by atoms with Crippen LogP contribution in [0.1, 0.15) is 29.6 Å². The van der Waals surface area contributed by atoms with Gasteiger partial charge in [-0.3, -0.25) is 0 Å². The minimum Gasteiger partial charge on any atom is -0.394 e. The fraction of sp³-hybridized carbons (Fsp3) is 0.333. The largest absolute Gasteiger partial charge is 0.394 e. The highest BCUT2D eigenvalue weighted by atomic mass is 16.3. The Kier molecular flexibility index (Phi) is 6.10. The van der Waals surface area contributed by atoms with Gasteiger partial charge in [-0.25, -0.2) is 0 Å². The summed E-state index contributed by atoms with van der Waals surface area (Å²) < 4.78 is 0. The number of hydrogen-bond acceptors (Lipinski definition) is 4. The van der Waals surface area contributed by atoms with Crippen LogP contribution < -0.4 is 0 Å². The van der Waals surface area contributed by atoms with Crippen molar-refractivity contribution in [2.45, 2.75) is 30.7 Å². The van der Waals surface area contributed by atoms with Gasteiger partial charge in [0, 0.05) is 5.92 Å². The molecule has 2 rings (SSSR count). The Balaban J connectivity index is 2.13. The summed E-state index contributed by atoms with van der Waals surface area (Å²) in [6.07, 6.45) is -2.89. The van der Waals surface area contributed by atoms with Crippen molar-refractivity contribution in [2.75, 3.05) is 6.61 Å². The van der Waals surface area contributed by atoms with Crippen LogP contribution in [0, 0.1) is 0 Å². The summed E-state index contributed by atoms with van der Waals surface area (Å²) in [7, 11) is 0. The molecule has 118 valence electrons. The van der Waals surface area contributed by atoms with Crippen molar-refractivity contribution in [3.05, 3.63) is 71.8 Å². The summed E-state index contributed by atoms with van der Waals surface area (Å²) in [6, 6.07) is 18.1. The Morgan fingerprint density at radius 1 is 0.682 bits per heavy atom. The summed E-state index contributed by atoms with van der Waals surface area (Å²) in [4.78, 5) is 0. The molecule has 4 N–H and O–H groups in total. The summed E-state index contributed by atoms with van der Waals surface area (Å²) in [5.41, 5.74) is 1.45. The van der Waals surface area contributed by atoms with Crippen molar-refractivity contribution >= 4 is 0 Å². The lowest BCUT2D eigenvalue weighted by molar-refractivity contribution is -0.00912. The molecule has 0 aliphatic rings. The average molecular weight is 302 g/mol. The predicted molar refractivity (Wildman–Crippen MR) is 84.3 cm³/mol. The third kappa shape index (κ3) is 4.15. The topological polar surface area (TPSA) is 80.9 Å². The lowest BCUT2D eigenvalue weighted by atomic mass is 9.86. The first kappa shape index (κ1) is 16.6. The lowest BCUT2D eigenvalue weighted by Gasteiger charge is -2.27. The molecule has 0 saturated carbocycles. The summed E-state index contributed by atoms with van der Waals surface area (Å²) in [5, 5.41) is 39.8. The van der Waals surface area contributed by atoms with Gasteiger partial charge in [-0.1, -0.05) is 60.7 Å². The van der Waals surface area contributed by atoms with E-state index >= 15 is 0 Å². The smallest absolute Gasteiger partial charge is 0.105 e. The van der Waals surface area contributed by atoms with Crippen molar-refractivity contribution in [3.8, 4) is 0 Å². The van der Waals surface area contributed by atoms with E-state index in [1.54, 1.807) is 24.3 Å². The van der Waals surface area contributed by atoms with Gasteiger partial charge >= 0.3 is 0 Å². The minimum atomic E-state index is -1.03. The van der Waals surface area contributed by atoms with Gasteiger partial charge in [0.1, 0.15) is 6.10 Å². The molecule has 0 fully saturated rings. The predicted octanol–water partition coefficient (Wildman–Crippen LogP) is 1.61. The van der Waals surface area contributed by atoms with Gasteiger partial charge in [0.15, 0.2) is 0 Å². The molecule has 0 aliphatic carbocycles. The van der Waals surface area contributed by atoms with Gasteiger partial charge in [0.05, 0.1) is 18.8 Å². The third-order valence-corrected chi connectivity index (χ3v) is 3.88. The van der Waals surface area contributed by atoms with Gasteiger partial charge in [-0.05, 0) is 17.5 Å². The zero-order valence-electron chi connectivity index (χ0n) is 12.3. The van der Waals surface area contributed by atoms with E-state index < -0.39 is 30.8 Å². The SMILES string of the molecule is OCC(O)C(CC(O)C(O)c1ccccc1)c1ccccc1. The summed E-state index contributed by atoms with van der Waals surface area (Å²) in [5.74, 6) is -0.445. The van der Waals surface area contributed by atoms with Crippen LogP contribution >= 0.6 is 0 Å². The van der Waals surface area contributed by atoms with Gasteiger partial charge in [0.25, 0.3) is 0 Å². The third-order valence-electron chi connectivity index (χ3n) is 3.88. The standard InChI is InChI=1S/C18H22O4/c19-12-17(21)15(13-7-3-1-4-8-13)11-16(20)18(22)14-9-5-2-6-10-14/h1-10,15-22H,11-12H2. The first-order valence-corrected chi connectivity index (χ1v) is 7.38. The molecule has 0 heterocycles. The molecule has 2 aromatic carbocycles. The van der Waals surface area contributed by atoms with E-state index in [1.165, 1.54) is 0 Å². The lowest BCUT2D eigenvalue weighted by Crippen LogP contribution is -2.29. The number of benzene rings is 2. The van der Waals surface area contributed by atoms with Crippen molar-refractivity contribution in [1.82, 2.24) is 0 Å². The molecule has 22 heavy (non-hydrogen) atoms. The molecule has 0 radical (unpaired) electrons. The molecule has 0 bridgehead atoms. The van der Waals surface area contributed by atoms with E-state index in [2.05, 4.69) is 0 Å². The Bertz CT molecular complexity index is 544. The van der Waals surface area contributed by atoms with Crippen LogP contribution in [-0.4, -0.2) is 39.2 Å². The molecule has 2 aromatic rings. The van der Waals surface area contributed by atoms with Crippen molar-refractivity contribution in [2.24, 2.45) is 0 Å². The summed E-state index contributed by atoms with van der Waals surface area (Å²) in [6.45, 7) is -0.395. The number of hydrogen-bond donors (Lipinski definition) is 4. The van der Waals surface area contributed by atoms with Crippen LogP contribution in [0.3, 0.4) is 0 Å². The molecule has 0 amide bonds. The number of aliphatic hydroxyl groups excluding tert-OH is 4. The molecule has 4 unspecified atom stereocenters. The van der Waals surface area contributed by atoms with E-state index in [9.17, 15) is 20.4 Å². The van der Waals surface area contributed by atoms with Crippen LogP contribution in [0.25, 0.3) is 0 Å². The second-order valence-corrected chi connectivity index (χ2v) is 5.43. The van der Waals surface area contributed by atoms with Crippen LogP contribution in [0.5, 0.6) is 0 Å². The normalized spacial score (nSPS) is 16.7. The first-order valence-electron chi connectivity index (χ1n) is 7.38. The Morgan fingerprint density at radius 2 is 1.18 bits per heavy atom. The van der Waals surface area contributed by atoms with Gasteiger partial charge in [0.2, 0.25) is 0 Å². The van der Waals surface area contributed by atoms with Crippen LogP contribution in [0.2, 0.25) is 0 Å². The second kappa shape index (κ2) is 8.06. The molecular weight excluding hydrogens is 280 g/mol. The van der Waals surface area contributed by atoms with E-state index in [-0.39, 0.29) is 6.42 Å². The van der Waals surface area contributed by atoms with E-state index in [1.807, 2.05) is 36.4 Å². The average Bonchev–Trinajstić information content (AvgIpc) is 2.59. The molecule has 0 aromatic heterocycles. The second-order valence-electron chi connectivity index (χ2n) is 5.43. The zero-order chi connectivity index (χ0) is 15.9. The fourth-order valence-electron chi connectivity index (χ4n) is 2.60. The van der Waals surface area contributed by atoms with E-state index in [4.69, 9.17) is 0 Å². The highest BCUT2D eigenvalue weighted by molar-refractivity contribution is 5.22. The van der Waals surface area contributed by atoms with Crippen LogP contribution in [0.15, 0.2) is 60.7 Å². The summed E-state index contributed by atoms with van der Waals surface area (Å²) >= 11 is 0. The Morgan fingerprint density at radius 3 is 1.68 bits per heavy atom. The molecule has 4 atom stereocenters. The van der Waals surface area contributed by atoms with E-state index in [0.717, 1.165) is 5.56 Å². The maximum Gasteiger partial charge on any atom is 0.105 e. The maximum absolute atomic E-state index is 10.3. The highest BCUT2D eigenvalue weighted by Gasteiger charge is 2.27. The highest BCUT2D eigenvalue weighted by Crippen LogP contribution is 2.29. The van der Waals surface area contributed by atoms with Crippen molar-refractivity contribution in [1.29, 1.82) is 0 Å². The molecule has 4 nitrogen and oxygen atoms in total. The van der Waals surface area contributed by atoms with Crippen molar-refractivity contribution in [3.63, 3.8) is 0 Å². The molecule has 0 spiro atoms. The molecule has 0 saturated heterocycles. The van der Waals surface area contributed by atoms with Gasteiger partial charge in [-0.15, -0.1) is 0 Å². The Hall–Kier alpha value is -1.72.